The summed E-state index contributed by atoms with van der Waals surface area (Å²) in [7, 11) is 0. The van der Waals surface area contributed by atoms with E-state index >= 15 is 0 Å². The fraction of sp³-hybridized carbons (Fsp3) is 0.200. The first kappa shape index (κ1) is 15.6. The Morgan fingerprint density at radius 2 is 2.35 bits per heavy atom. The minimum absolute atomic E-state index is 0.141. The van der Waals surface area contributed by atoms with Crippen molar-refractivity contribution in [2.24, 2.45) is 0 Å². The average Bonchev–Trinajstić information content (AvgIpc) is 3.17. The number of thiophene rings is 1. The predicted molar refractivity (Wildman–Crippen MR) is 92.9 cm³/mol. The van der Waals surface area contributed by atoms with Gasteiger partial charge in [0.25, 0.3) is 5.56 Å². The Morgan fingerprint density at radius 1 is 1.52 bits per heavy atom. The molecule has 3 aromatic rings. The number of nitrogens with zero attached hydrogens (tertiary/aromatic N) is 3. The summed E-state index contributed by atoms with van der Waals surface area (Å²) in [4.78, 5) is 29.7. The average molecular weight is 346 g/mol. The molecule has 0 unspecified atom stereocenters. The fourth-order valence-corrected chi connectivity index (χ4v) is 3.82. The molecule has 3 heterocycles. The van der Waals surface area contributed by atoms with Gasteiger partial charge in [0.05, 0.1) is 14.6 Å². The third-order valence-corrected chi connectivity index (χ3v) is 4.95. The van der Waals surface area contributed by atoms with Crippen molar-refractivity contribution in [3.8, 4) is 10.6 Å². The van der Waals surface area contributed by atoms with Gasteiger partial charge >= 0.3 is 0 Å². The van der Waals surface area contributed by atoms with Gasteiger partial charge in [-0.15, -0.1) is 29.3 Å². The summed E-state index contributed by atoms with van der Waals surface area (Å²) >= 11 is 2.97. The molecule has 0 aliphatic rings. The van der Waals surface area contributed by atoms with Gasteiger partial charge in [-0.25, -0.2) is 9.67 Å². The maximum atomic E-state index is 12.5. The zero-order valence-electron chi connectivity index (χ0n) is 12.4. The van der Waals surface area contributed by atoms with Crippen LogP contribution in [0.25, 0.3) is 20.8 Å². The monoisotopic (exact) mass is 346 g/mol. The quantitative estimate of drug-likeness (QED) is 0.719. The highest BCUT2D eigenvalue weighted by Crippen LogP contribution is 2.31. The zero-order valence-corrected chi connectivity index (χ0v) is 14.0. The molecule has 118 valence electrons. The molecule has 0 saturated carbocycles. The molecule has 0 aliphatic carbocycles. The molecule has 1 amide bonds. The lowest BCUT2D eigenvalue weighted by atomic mass is 10.3. The maximum absolute atomic E-state index is 12.5. The SMILES string of the molecule is C=CCNC(=O)Cn1nc(-c2cccs2)c2sc(C)nc2c1=O. The van der Waals surface area contributed by atoms with Crippen LogP contribution in [0.5, 0.6) is 0 Å². The number of aromatic nitrogens is 3. The van der Waals surface area contributed by atoms with E-state index in [1.54, 1.807) is 6.08 Å². The third kappa shape index (κ3) is 3.08. The molecule has 0 aromatic carbocycles. The number of carbonyl (C=O) groups is 1. The second-order valence-corrected chi connectivity index (χ2v) is 6.94. The van der Waals surface area contributed by atoms with Gasteiger partial charge in [-0.1, -0.05) is 12.1 Å². The lowest BCUT2D eigenvalue weighted by Gasteiger charge is -2.07. The Labute approximate surface area is 140 Å². The number of nitrogens with one attached hydrogen (secondary N) is 1. The highest BCUT2D eigenvalue weighted by Gasteiger charge is 2.18. The third-order valence-electron chi connectivity index (χ3n) is 3.10. The molecular weight excluding hydrogens is 332 g/mol. The van der Waals surface area contributed by atoms with E-state index in [-0.39, 0.29) is 18.0 Å². The second-order valence-electron chi connectivity index (χ2n) is 4.79. The molecule has 0 radical (unpaired) electrons. The number of fused-ring (bicyclic) bond motifs is 1. The largest absolute Gasteiger partial charge is 0.351 e. The standard InChI is InChI=1S/C15H14N4O2S2/c1-3-6-16-11(20)8-19-15(21)13-14(23-9(2)17-13)12(18-19)10-5-4-7-22-10/h3-5,7H,1,6,8H2,2H3,(H,16,20). The maximum Gasteiger partial charge on any atom is 0.294 e. The molecule has 0 saturated heterocycles. The van der Waals surface area contributed by atoms with E-state index in [0.29, 0.717) is 17.8 Å². The van der Waals surface area contributed by atoms with Crippen LogP contribution < -0.4 is 10.9 Å². The fourth-order valence-electron chi connectivity index (χ4n) is 2.13. The van der Waals surface area contributed by atoms with Crippen molar-refractivity contribution in [2.75, 3.05) is 6.54 Å². The van der Waals surface area contributed by atoms with E-state index in [9.17, 15) is 9.59 Å². The minimum Gasteiger partial charge on any atom is -0.351 e. The van der Waals surface area contributed by atoms with Crippen LogP contribution in [-0.4, -0.2) is 27.2 Å². The number of carbonyl (C=O) groups excluding carboxylic acids is 1. The van der Waals surface area contributed by atoms with Crippen molar-refractivity contribution in [3.63, 3.8) is 0 Å². The van der Waals surface area contributed by atoms with Crippen molar-refractivity contribution in [2.45, 2.75) is 13.5 Å². The molecule has 23 heavy (non-hydrogen) atoms. The molecule has 8 heteroatoms. The molecule has 0 atom stereocenters. The molecule has 6 nitrogen and oxygen atoms in total. The summed E-state index contributed by atoms with van der Waals surface area (Å²) in [5, 5.41) is 9.79. The van der Waals surface area contributed by atoms with E-state index in [4.69, 9.17) is 0 Å². The lowest BCUT2D eigenvalue weighted by Crippen LogP contribution is -2.34. The van der Waals surface area contributed by atoms with Gasteiger partial charge in [-0.3, -0.25) is 9.59 Å². The van der Waals surface area contributed by atoms with Crippen molar-refractivity contribution in [1.82, 2.24) is 20.1 Å². The van der Waals surface area contributed by atoms with Crippen molar-refractivity contribution in [1.29, 1.82) is 0 Å². The predicted octanol–water partition coefficient (Wildman–Crippen LogP) is 2.19. The topological polar surface area (TPSA) is 76.9 Å². The van der Waals surface area contributed by atoms with Gasteiger partial charge in [-0.05, 0) is 18.4 Å². The van der Waals surface area contributed by atoms with Gasteiger partial charge < -0.3 is 5.32 Å². The molecule has 3 rings (SSSR count). The van der Waals surface area contributed by atoms with Gasteiger partial charge in [0.1, 0.15) is 12.2 Å². The van der Waals surface area contributed by atoms with Crippen molar-refractivity contribution < 1.29 is 4.79 Å². The summed E-state index contributed by atoms with van der Waals surface area (Å²) in [5.41, 5.74) is 0.706. The summed E-state index contributed by atoms with van der Waals surface area (Å²) in [6.45, 7) is 5.60. The normalized spacial score (nSPS) is 10.8. The van der Waals surface area contributed by atoms with Crippen LogP contribution in [0.3, 0.4) is 0 Å². The number of aryl methyl sites for hydroxylation is 1. The van der Waals surface area contributed by atoms with Crippen molar-refractivity contribution in [3.05, 3.63) is 45.5 Å². The summed E-state index contributed by atoms with van der Waals surface area (Å²) in [6.07, 6.45) is 1.58. The number of thiazole rings is 1. The van der Waals surface area contributed by atoms with Crippen LogP contribution in [0.1, 0.15) is 5.01 Å². The Kier molecular flexibility index (Phi) is 4.35. The molecule has 0 spiro atoms. The Hall–Kier alpha value is -2.32. The lowest BCUT2D eigenvalue weighted by molar-refractivity contribution is -0.121. The number of amides is 1. The minimum atomic E-state index is -0.349. The van der Waals surface area contributed by atoms with E-state index in [0.717, 1.165) is 14.6 Å². The Balaban J connectivity index is 2.12. The Bertz CT molecular complexity index is 925. The van der Waals surface area contributed by atoms with Gasteiger partial charge in [-0.2, -0.15) is 5.10 Å². The molecule has 0 bridgehead atoms. The summed E-state index contributed by atoms with van der Waals surface area (Å²) in [5.74, 6) is -0.289. The van der Waals surface area contributed by atoms with Crippen LogP contribution >= 0.6 is 22.7 Å². The smallest absolute Gasteiger partial charge is 0.294 e. The van der Waals surface area contributed by atoms with Crippen LogP contribution in [0.4, 0.5) is 0 Å². The van der Waals surface area contributed by atoms with E-state index in [1.165, 1.54) is 27.4 Å². The van der Waals surface area contributed by atoms with E-state index in [2.05, 4.69) is 22.0 Å². The number of hydrogen-bond donors (Lipinski definition) is 1. The van der Waals surface area contributed by atoms with E-state index < -0.39 is 0 Å². The molecule has 0 aliphatic heterocycles. The number of rotatable bonds is 5. The van der Waals surface area contributed by atoms with Crippen LogP contribution in [0.2, 0.25) is 0 Å². The molecule has 0 fully saturated rings. The van der Waals surface area contributed by atoms with Crippen LogP contribution in [0, 0.1) is 6.92 Å². The molecular formula is C15H14N4O2S2. The highest BCUT2D eigenvalue weighted by atomic mass is 32.1. The van der Waals surface area contributed by atoms with Crippen LogP contribution in [-0.2, 0) is 11.3 Å². The van der Waals surface area contributed by atoms with Gasteiger partial charge in [0, 0.05) is 6.54 Å². The molecule has 1 N–H and O–H groups in total. The first-order chi connectivity index (χ1) is 11.1. The van der Waals surface area contributed by atoms with E-state index in [1.807, 2.05) is 24.4 Å². The van der Waals surface area contributed by atoms with Crippen LogP contribution in [0.15, 0.2) is 35.0 Å². The summed E-state index contributed by atoms with van der Waals surface area (Å²) in [6, 6.07) is 3.86. The second kappa shape index (κ2) is 6.43. The molecule has 3 aromatic heterocycles. The Morgan fingerprint density at radius 3 is 3.04 bits per heavy atom. The first-order valence-corrected chi connectivity index (χ1v) is 8.59. The zero-order chi connectivity index (χ0) is 16.4. The van der Waals surface area contributed by atoms with Crippen molar-refractivity contribution >= 4 is 38.8 Å². The van der Waals surface area contributed by atoms with Gasteiger partial charge in [0.15, 0.2) is 5.52 Å². The van der Waals surface area contributed by atoms with Gasteiger partial charge in [0.2, 0.25) is 5.91 Å². The number of hydrogen-bond acceptors (Lipinski definition) is 6. The highest BCUT2D eigenvalue weighted by molar-refractivity contribution is 7.20. The first-order valence-electron chi connectivity index (χ1n) is 6.90. The summed E-state index contributed by atoms with van der Waals surface area (Å²) < 4.78 is 1.94.